The first kappa shape index (κ1) is 22.8. The largest absolute Gasteiger partial charge is 0.507 e. The van der Waals surface area contributed by atoms with E-state index in [1.165, 1.54) is 18.2 Å². The second-order valence-corrected chi connectivity index (χ2v) is 7.92. The minimum absolute atomic E-state index is 0.0310. The highest BCUT2D eigenvalue weighted by Crippen LogP contribution is 2.35. The zero-order valence-electron chi connectivity index (χ0n) is 17.9. The molecule has 172 valence electrons. The van der Waals surface area contributed by atoms with Gasteiger partial charge in [-0.25, -0.2) is 0 Å². The van der Waals surface area contributed by atoms with Gasteiger partial charge in [0.15, 0.2) is 11.0 Å². The van der Waals surface area contributed by atoms with Crippen LogP contribution in [-0.4, -0.2) is 43.6 Å². The Morgan fingerprint density at radius 1 is 1.12 bits per heavy atom. The number of non-ortho nitro benzene ring substituents is 1. The zero-order chi connectivity index (χ0) is 24.1. The van der Waals surface area contributed by atoms with Crippen LogP contribution in [0.1, 0.15) is 0 Å². The lowest BCUT2D eigenvalue weighted by atomic mass is 10.2. The molecule has 2 N–H and O–H groups in total. The molecule has 0 aliphatic heterocycles. The summed E-state index contributed by atoms with van der Waals surface area (Å²) in [6.07, 6.45) is 0. The molecule has 0 saturated heterocycles. The number of phenols is 1. The number of methoxy groups -OCH3 is 1. The van der Waals surface area contributed by atoms with Gasteiger partial charge in [0.05, 0.1) is 29.0 Å². The van der Waals surface area contributed by atoms with Crippen molar-refractivity contribution < 1.29 is 19.6 Å². The lowest BCUT2D eigenvalue weighted by Gasteiger charge is -2.14. The molecule has 34 heavy (non-hydrogen) atoms. The number of carbonyl (C=O) groups excluding carboxylic acids is 1. The lowest BCUT2D eigenvalue weighted by Crippen LogP contribution is -2.14. The van der Waals surface area contributed by atoms with Gasteiger partial charge in [-0.05, 0) is 30.3 Å². The van der Waals surface area contributed by atoms with E-state index in [1.807, 2.05) is 18.2 Å². The number of aromatic hydroxyl groups is 1. The zero-order valence-corrected chi connectivity index (χ0v) is 18.7. The summed E-state index contributed by atoms with van der Waals surface area (Å²) in [6, 6.07) is 19.7. The number of nitro groups is 1. The molecule has 4 rings (SSSR count). The average molecular weight is 478 g/mol. The van der Waals surface area contributed by atoms with Gasteiger partial charge >= 0.3 is 0 Å². The number of nitrogens with zero attached hydrogens (tertiary/aromatic N) is 4. The molecule has 0 radical (unpaired) electrons. The Hall–Kier alpha value is -4.38. The molecule has 0 aliphatic rings. The fourth-order valence-electron chi connectivity index (χ4n) is 3.26. The van der Waals surface area contributed by atoms with Crippen molar-refractivity contribution >= 4 is 29.0 Å². The van der Waals surface area contributed by atoms with E-state index in [0.29, 0.717) is 33.7 Å². The second-order valence-electron chi connectivity index (χ2n) is 6.97. The summed E-state index contributed by atoms with van der Waals surface area (Å²) in [7, 11) is 1.54. The van der Waals surface area contributed by atoms with E-state index < -0.39 is 4.92 Å². The van der Waals surface area contributed by atoms with Crippen molar-refractivity contribution in [2.24, 2.45) is 0 Å². The maximum absolute atomic E-state index is 12.5. The highest BCUT2D eigenvalue weighted by Gasteiger charge is 2.21. The summed E-state index contributed by atoms with van der Waals surface area (Å²) < 4.78 is 7.21. The van der Waals surface area contributed by atoms with Gasteiger partial charge in [-0.1, -0.05) is 42.1 Å². The van der Waals surface area contributed by atoms with Crippen molar-refractivity contribution in [1.29, 1.82) is 0 Å². The molecular formula is C23H19N5O5S. The summed E-state index contributed by atoms with van der Waals surface area (Å²) in [5.41, 5.74) is 1.30. The van der Waals surface area contributed by atoms with Crippen LogP contribution in [0.25, 0.3) is 17.1 Å². The standard InChI is InChI=1S/C23H19N5O5S/c1-33-20-12-5-3-10-18(20)27-22(17-9-2-4-11-19(17)29)25-26-23(27)34-14-21(30)24-15-7-6-8-16(13-15)28(31)32/h2-13,29H,14H2,1H3,(H,24,30). The quantitative estimate of drug-likeness (QED) is 0.218. The number of ether oxygens (including phenoxy) is 1. The van der Waals surface area contributed by atoms with Gasteiger partial charge in [0.1, 0.15) is 11.5 Å². The Morgan fingerprint density at radius 2 is 1.88 bits per heavy atom. The van der Waals surface area contributed by atoms with Crippen LogP contribution >= 0.6 is 11.8 Å². The van der Waals surface area contributed by atoms with E-state index in [2.05, 4.69) is 15.5 Å². The number of carbonyl (C=O) groups is 1. The van der Waals surface area contributed by atoms with Crippen LogP contribution in [0.5, 0.6) is 11.5 Å². The van der Waals surface area contributed by atoms with Crippen LogP contribution in [0.4, 0.5) is 11.4 Å². The molecule has 10 nitrogen and oxygen atoms in total. The Labute approximate surface area is 198 Å². The molecule has 1 heterocycles. The van der Waals surface area contributed by atoms with Crippen molar-refractivity contribution in [3.05, 3.63) is 82.9 Å². The molecule has 0 unspecified atom stereocenters. The second kappa shape index (κ2) is 10.0. The number of anilines is 1. The topological polar surface area (TPSA) is 132 Å². The van der Waals surface area contributed by atoms with Crippen molar-refractivity contribution in [3.8, 4) is 28.6 Å². The summed E-state index contributed by atoms with van der Waals surface area (Å²) in [6.45, 7) is 0. The van der Waals surface area contributed by atoms with Gasteiger partial charge in [0.25, 0.3) is 5.69 Å². The molecule has 0 saturated carbocycles. The first-order valence-corrected chi connectivity index (χ1v) is 11.0. The monoisotopic (exact) mass is 477 g/mol. The van der Waals surface area contributed by atoms with Gasteiger partial charge in [-0.2, -0.15) is 0 Å². The fraction of sp³-hybridized carbons (Fsp3) is 0.0870. The molecular weight excluding hydrogens is 458 g/mol. The van der Waals surface area contributed by atoms with E-state index in [-0.39, 0.29) is 23.1 Å². The molecule has 11 heteroatoms. The lowest BCUT2D eigenvalue weighted by molar-refractivity contribution is -0.384. The number of aromatic nitrogens is 3. The smallest absolute Gasteiger partial charge is 0.271 e. The molecule has 3 aromatic carbocycles. The maximum Gasteiger partial charge on any atom is 0.271 e. The number of hydrogen-bond acceptors (Lipinski definition) is 8. The van der Waals surface area contributed by atoms with Gasteiger partial charge in [0.2, 0.25) is 5.91 Å². The van der Waals surface area contributed by atoms with Crippen molar-refractivity contribution in [1.82, 2.24) is 14.8 Å². The number of nitrogens with one attached hydrogen (secondary N) is 1. The normalized spacial score (nSPS) is 10.6. The van der Waals surface area contributed by atoms with Gasteiger partial charge in [-0.3, -0.25) is 19.5 Å². The summed E-state index contributed by atoms with van der Waals surface area (Å²) in [5.74, 6) is 0.567. The Balaban J connectivity index is 1.63. The van der Waals surface area contributed by atoms with Crippen LogP contribution in [0.2, 0.25) is 0 Å². The molecule has 0 aliphatic carbocycles. The van der Waals surface area contributed by atoms with Crippen molar-refractivity contribution in [3.63, 3.8) is 0 Å². The average Bonchev–Trinajstić information content (AvgIpc) is 3.26. The molecule has 0 spiro atoms. The summed E-state index contributed by atoms with van der Waals surface area (Å²) in [4.78, 5) is 23.0. The van der Waals surface area contributed by atoms with Crippen molar-refractivity contribution in [2.45, 2.75) is 5.16 Å². The van der Waals surface area contributed by atoms with E-state index >= 15 is 0 Å². The SMILES string of the molecule is COc1ccccc1-n1c(SCC(=O)Nc2cccc([N+](=O)[O-])c2)nnc1-c1ccccc1O. The minimum atomic E-state index is -0.527. The third kappa shape index (κ3) is 4.84. The van der Waals surface area contributed by atoms with Crippen molar-refractivity contribution in [2.75, 3.05) is 18.2 Å². The van der Waals surface area contributed by atoms with E-state index in [9.17, 15) is 20.0 Å². The highest BCUT2D eigenvalue weighted by atomic mass is 32.2. The van der Waals surface area contributed by atoms with Crippen LogP contribution in [0, 0.1) is 10.1 Å². The van der Waals surface area contributed by atoms with E-state index in [1.54, 1.807) is 48.1 Å². The summed E-state index contributed by atoms with van der Waals surface area (Å²) in [5, 5.41) is 32.9. The third-order valence-corrected chi connectivity index (χ3v) is 5.71. The minimum Gasteiger partial charge on any atom is -0.507 e. The number of para-hydroxylation sites is 3. The van der Waals surface area contributed by atoms with Crippen LogP contribution < -0.4 is 10.1 Å². The maximum atomic E-state index is 12.5. The Kier molecular flexibility index (Phi) is 6.74. The first-order chi connectivity index (χ1) is 16.5. The van der Waals surface area contributed by atoms with E-state index in [4.69, 9.17) is 4.74 Å². The first-order valence-electron chi connectivity index (χ1n) is 10.0. The van der Waals surface area contributed by atoms with Gasteiger partial charge in [-0.15, -0.1) is 10.2 Å². The highest BCUT2D eigenvalue weighted by molar-refractivity contribution is 7.99. The van der Waals surface area contributed by atoms with Gasteiger partial charge < -0.3 is 15.2 Å². The predicted octanol–water partition coefficient (Wildman–Crippen LogP) is 4.29. The van der Waals surface area contributed by atoms with Crippen LogP contribution in [0.3, 0.4) is 0 Å². The Bertz CT molecular complexity index is 1360. The molecule has 1 amide bonds. The number of amides is 1. The molecule has 0 atom stereocenters. The number of rotatable bonds is 8. The number of phenolic OH excluding ortho intramolecular Hbond substituents is 1. The number of thioether (sulfide) groups is 1. The summed E-state index contributed by atoms with van der Waals surface area (Å²) >= 11 is 1.13. The molecule has 0 fully saturated rings. The van der Waals surface area contributed by atoms with Gasteiger partial charge in [0, 0.05) is 17.8 Å². The predicted molar refractivity (Wildman–Crippen MR) is 127 cm³/mol. The number of nitro benzene ring substituents is 1. The fourth-order valence-corrected chi connectivity index (χ4v) is 4.00. The molecule has 0 bridgehead atoms. The number of benzene rings is 3. The van der Waals surface area contributed by atoms with Crippen LogP contribution in [0.15, 0.2) is 78.0 Å². The Morgan fingerprint density at radius 3 is 2.65 bits per heavy atom. The van der Waals surface area contributed by atoms with E-state index in [0.717, 1.165) is 11.8 Å². The van der Waals surface area contributed by atoms with Crippen LogP contribution in [-0.2, 0) is 4.79 Å². The molecule has 1 aromatic heterocycles. The third-order valence-electron chi connectivity index (χ3n) is 4.78. The molecule has 4 aromatic rings. The number of hydrogen-bond donors (Lipinski definition) is 2.